The van der Waals surface area contributed by atoms with Crippen LogP contribution in [0.5, 0.6) is 0 Å². The minimum Gasteiger partial charge on any atom is -0.323 e. The SMILES string of the molecule is C[C@@H]1CCC[C@@H](C)C1=NNC(=O)c1ccccc1-n1cccc1. The van der Waals surface area contributed by atoms with Crippen molar-refractivity contribution in [1.29, 1.82) is 0 Å². The van der Waals surface area contributed by atoms with Gasteiger partial charge in [0, 0.05) is 18.1 Å². The summed E-state index contributed by atoms with van der Waals surface area (Å²) in [5, 5.41) is 4.45. The van der Waals surface area contributed by atoms with Crippen LogP contribution in [0, 0.1) is 11.8 Å². The van der Waals surface area contributed by atoms with Crippen LogP contribution in [0.25, 0.3) is 5.69 Å². The maximum atomic E-state index is 12.6. The van der Waals surface area contributed by atoms with Gasteiger partial charge in [-0.05, 0) is 48.9 Å². The molecule has 1 aromatic carbocycles. The van der Waals surface area contributed by atoms with E-state index in [1.165, 1.54) is 6.42 Å². The van der Waals surface area contributed by atoms with Gasteiger partial charge in [-0.15, -0.1) is 0 Å². The third-order valence-corrected chi connectivity index (χ3v) is 4.60. The van der Waals surface area contributed by atoms with Gasteiger partial charge in [-0.2, -0.15) is 5.10 Å². The third kappa shape index (κ3) is 3.36. The monoisotopic (exact) mass is 309 g/mol. The van der Waals surface area contributed by atoms with E-state index in [2.05, 4.69) is 24.4 Å². The highest BCUT2D eigenvalue weighted by atomic mass is 16.2. The van der Waals surface area contributed by atoms with E-state index in [0.29, 0.717) is 17.4 Å². The van der Waals surface area contributed by atoms with Crippen LogP contribution in [0.4, 0.5) is 0 Å². The van der Waals surface area contributed by atoms with Gasteiger partial charge < -0.3 is 4.57 Å². The lowest BCUT2D eigenvalue weighted by atomic mass is 9.81. The van der Waals surface area contributed by atoms with E-state index in [0.717, 1.165) is 24.2 Å². The average molecular weight is 309 g/mol. The van der Waals surface area contributed by atoms with Gasteiger partial charge in [-0.1, -0.05) is 32.4 Å². The van der Waals surface area contributed by atoms with Crippen molar-refractivity contribution in [2.24, 2.45) is 16.9 Å². The van der Waals surface area contributed by atoms with Gasteiger partial charge in [-0.3, -0.25) is 4.79 Å². The predicted octanol–water partition coefficient (Wildman–Crippen LogP) is 4.02. The first kappa shape index (κ1) is 15.5. The number of carbonyl (C=O) groups is 1. The number of nitrogens with one attached hydrogen (secondary N) is 1. The maximum Gasteiger partial charge on any atom is 0.273 e. The molecule has 1 aromatic heterocycles. The van der Waals surface area contributed by atoms with Gasteiger partial charge >= 0.3 is 0 Å². The van der Waals surface area contributed by atoms with E-state index in [4.69, 9.17) is 0 Å². The van der Waals surface area contributed by atoms with Crippen molar-refractivity contribution in [1.82, 2.24) is 9.99 Å². The fraction of sp³-hybridized carbons (Fsp3) is 0.368. The number of hydrazone groups is 1. The van der Waals surface area contributed by atoms with Crippen LogP contribution in [0.1, 0.15) is 43.5 Å². The molecule has 1 aliphatic rings. The molecular weight excluding hydrogens is 286 g/mol. The molecule has 1 fully saturated rings. The standard InChI is InChI=1S/C19H23N3O/c1-14-8-7-9-15(2)18(14)20-21-19(23)16-10-3-4-11-17(16)22-12-5-6-13-22/h3-6,10-15H,7-9H2,1-2H3,(H,21,23)/t14-,15-/m1/s1. The number of benzene rings is 1. The molecule has 120 valence electrons. The first-order valence-corrected chi connectivity index (χ1v) is 8.27. The molecule has 0 unspecified atom stereocenters. The van der Waals surface area contributed by atoms with Crippen molar-refractivity contribution >= 4 is 11.6 Å². The van der Waals surface area contributed by atoms with Crippen molar-refractivity contribution < 1.29 is 4.79 Å². The fourth-order valence-corrected chi connectivity index (χ4v) is 3.29. The normalized spacial score (nSPS) is 21.0. The minimum absolute atomic E-state index is 0.160. The van der Waals surface area contributed by atoms with Crippen molar-refractivity contribution in [2.75, 3.05) is 0 Å². The lowest BCUT2D eigenvalue weighted by Gasteiger charge is -2.26. The summed E-state index contributed by atoms with van der Waals surface area (Å²) in [6.45, 7) is 4.38. The molecule has 1 saturated carbocycles. The Morgan fingerprint density at radius 1 is 1.09 bits per heavy atom. The van der Waals surface area contributed by atoms with Gasteiger partial charge in [0.15, 0.2) is 0 Å². The summed E-state index contributed by atoms with van der Waals surface area (Å²) < 4.78 is 1.94. The lowest BCUT2D eigenvalue weighted by molar-refractivity contribution is 0.0954. The first-order chi connectivity index (χ1) is 11.2. The molecule has 1 amide bonds. The molecule has 3 rings (SSSR count). The predicted molar refractivity (Wildman–Crippen MR) is 92.8 cm³/mol. The molecule has 2 atom stereocenters. The molecule has 0 bridgehead atoms. The van der Waals surface area contributed by atoms with Crippen LogP contribution < -0.4 is 5.43 Å². The fourth-order valence-electron chi connectivity index (χ4n) is 3.29. The summed E-state index contributed by atoms with van der Waals surface area (Å²) in [6, 6.07) is 11.5. The Labute approximate surface area is 137 Å². The second-order valence-corrected chi connectivity index (χ2v) is 6.32. The van der Waals surface area contributed by atoms with Crippen LogP contribution in [-0.4, -0.2) is 16.2 Å². The lowest BCUT2D eigenvalue weighted by Crippen LogP contribution is -2.29. The molecule has 4 nitrogen and oxygen atoms in total. The van der Waals surface area contributed by atoms with Gasteiger partial charge in [0.25, 0.3) is 5.91 Å². The molecule has 1 heterocycles. The smallest absolute Gasteiger partial charge is 0.273 e. The zero-order chi connectivity index (χ0) is 16.2. The molecule has 0 aliphatic heterocycles. The number of para-hydroxylation sites is 1. The van der Waals surface area contributed by atoms with Crippen LogP contribution in [0.2, 0.25) is 0 Å². The quantitative estimate of drug-likeness (QED) is 0.855. The highest BCUT2D eigenvalue weighted by Gasteiger charge is 2.23. The summed E-state index contributed by atoms with van der Waals surface area (Å²) in [5.41, 5.74) is 5.37. The Kier molecular flexibility index (Phi) is 4.60. The van der Waals surface area contributed by atoms with E-state index in [1.54, 1.807) is 0 Å². The highest BCUT2D eigenvalue weighted by Crippen LogP contribution is 2.26. The van der Waals surface area contributed by atoms with Crippen molar-refractivity contribution in [2.45, 2.75) is 33.1 Å². The zero-order valence-corrected chi connectivity index (χ0v) is 13.7. The molecule has 0 saturated heterocycles. The van der Waals surface area contributed by atoms with E-state index in [-0.39, 0.29) is 5.91 Å². The maximum absolute atomic E-state index is 12.6. The zero-order valence-electron chi connectivity index (χ0n) is 13.7. The number of nitrogens with zero attached hydrogens (tertiary/aromatic N) is 2. The highest BCUT2D eigenvalue weighted by molar-refractivity contribution is 5.99. The Morgan fingerprint density at radius 2 is 1.74 bits per heavy atom. The van der Waals surface area contributed by atoms with Crippen molar-refractivity contribution in [3.63, 3.8) is 0 Å². The molecule has 0 spiro atoms. The second kappa shape index (κ2) is 6.82. The number of amides is 1. The number of hydrogen-bond donors (Lipinski definition) is 1. The summed E-state index contributed by atoms with van der Waals surface area (Å²) in [4.78, 5) is 12.6. The molecule has 1 N–H and O–H groups in total. The Hall–Kier alpha value is -2.36. The third-order valence-electron chi connectivity index (χ3n) is 4.60. The van der Waals surface area contributed by atoms with Crippen LogP contribution in [-0.2, 0) is 0 Å². The number of hydrogen-bond acceptors (Lipinski definition) is 2. The Morgan fingerprint density at radius 3 is 2.43 bits per heavy atom. The molecule has 1 aliphatic carbocycles. The Balaban J connectivity index is 1.82. The van der Waals surface area contributed by atoms with Gasteiger partial charge in [0.05, 0.1) is 11.3 Å². The van der Waals surface area contributed by atoms with Gasteiger partial charge in [0.1, 0.15) is 0 Å². The minimum atomic E-state index is -0.160. The Bertz CT molecular complexity index is 691. The summed E-state index contributed by atoms with van der Waals surface area (Å²) >= 11 is 0. The number of aromatic nitrogens is 1. The number of carbonyl (C=O) groups excluding carboxylic acids is 1. The molecular formula is C19H23N3O. The van der Waals surface area contributed by atoms with Crippen LogP contribution >= 0.6 is 0 Å². The number of rotatable bonds is 3. The van der Waals surface area contributed by atoms with Crippen LogP contribution in [0.3, 0.4) is 0 Å². The van der Waals surface area contributed by atoms with E-state index in [1.807, 2.05) is 53.4 Å². The molecule has 0 radical (unpaired) electrons. The van der Waals surface area contributed by atoms with Crippen molar-refractivity contribution in [3.8, 4) is 5.69 Å². The first-order valence-electron chi connectivity index (χ1n) is 8.27. The summed E-state index contributed by atoms with van der Waals surface area (Å²) in [5.74, 6) is 0.726. The van der Waals surface area contributed by atoms with E-state index >= 15 is 0 Å². The van der Waals surface area contributed by atoms with E-state index in [9.17, 15) is 4.79 Å². The molecule has 4 heteroatoms. The van der Waals surface area contributed by atoms with Crippen LogP contribution in [0.15, 0.2) is 53.9 Å². The summed E-state index contributed by atoms with van der Waals surface area (Å²) in [7, 11) is 0. The van der Waals surface area contributed by atoms with E-state index < -0.39 is 0 Å². The van der Waals surface area contributed by atoms with Crippen molar-refractivity contribution in [3.05, 3.63) is 54.4 Å². The molecule has 2 aromatic rings. The average Bonchev–Trinajstić information content (AvgIpc) is 3.08. The van der Waals surface area contributed by atoms with Gasteiger partial charge in [0.2, 0.25) is 0 Å². The van der Waals surface area contributed by atoms with Gasteiger partial charge in [-0.25, -0.2) is 5.43 Å². The second-order valence-electron chi connectivity index (χ2n) is 6.32. The largest absolute Gasteiger partial charge is 0.323 e. The topological polar surface area (TPSA) is 46.4 Å². The molecule has 23 heavy (non-hydrogen) atoms. The summed E-state index contributed by atoms with van der Waals surface area (Å²) in [6.07, 6.45) is 7.41.